The summed E-state index contributed by atoms with van der Waals surface area (Å²) in [6.07, 6.45) is 6.70. The van der Waals surface area contributed by atoms with Crippen LogP contribution in [0.15, 0.2) is 24.3 Å². The molecule has 1 N–H and O–H groups in total. The first-order valence-electron chi connectivity index (χ1n) is 7.58. The third-order valence-electron chi connectivity index (χ3n) is 4.38. The molecule has 2 rings (SSSR count). The first-order chi connectivity index (χ1) is 9.64. The van der Waals surface area contributed by atoms with Gasteiger partial charge in [0.2, 0.25) is 0 Å². The van der Waals surface area contributed by atoms with Crippen molar-refractivity contribution < 1.29 is 5.11 Å². The predicted octanol–water partition coefficient (Wildman–Crippen LogP) is 3.48. The number of aromatic hydroxyl groups is 1. The molecule has 0 radical (unpaired) electrons. The second-order valence-electron chi connectivity index (χ2n) is 5.95. The van der Waals surface area contributed by atoms with E-state index in [1.54, 1.807) is 12.1 Å². The number of hydrogen-bond donors (Lipinski definition) is 1. The van der Waals surface area contributed by atoms with Gasteiger partial charge in [0.1, 0.15) is 11.3 Å². The number of phenols is 1. The molecule has 1 atom stereocenters. The van der Waals surface area contributed by atoms with E-state index in [0.29, 0.717) is 5.75 Å². The Kier molecular flexibility index (Phi) is 5.03. The number of nitriles is 1. The highest BCUT2D eigenvalue weighted by Crippen LogP contribution is 2.25. The zero-order valence-electron chi connectivity index (χ0n) is 12.3. The van der Waals surface area contributed by atoms with Crippen LogP contribution in [0.1, 0.15) is 44.6 Å². The fourth-order valence-corrected chi connectivity index (χ4v) is 2.90. The van der Waals surface area contributed by atoms with Gasteiger partial charge in [-0.25, -0.2) is 0 Å². The third kappa shape index (κ3) is 3.74. The minimum Gasteiger partial charge on any atom is -0.508 e. The van der Waals surface area contributed by atoms with E-state index >= 15 is 0 Å². The standard InChI is InChI=1S/C17H24N2O/c1-17(14-18,19-12-4-2-3-5-13-19)11-10-15-6-8-16(20)9-7-15/h6-9,20H,2-5,10-13H2,1H3. The number of nitrogens with zero attached hydrogens (tertiary/aromatic N) is 2. The van der Waals surface area contributed by atoms with Crippen molar-refractivity contribution in [1.29, 1.82) is 5.26 Å². The lowest BCUT2D eigenvalue weighted by Crippen LogP contribution is -2.46. The van der Waals surface area contributed by atoms with Gasteiger partial charge in [0.15, 0.2) is 0 Å². The second kappa shape index (κ2) is 6.76. The summed E-state index contributed by atoms with van der Waals surface area (Å²) >= 11 is 0. The molecule has 0 spiro atoms. The van der Waals surface area contributed by atoms with Crippen LogP contribution in [0, 0.1) is 11.3 Å². The fraction of sp³-hybridized carbons (Fsp3) is 0.588. The highest BCUT2D eigenvalue weighted by Gasteiger charge is 2.31. The van der Waals surface area contributed by atoms with Crippen molar-refractivity contribution in [3.05, 3.63) is 29.8 Å². The number of hydrogen-bond acceptors (Lipinski definition) is 3. The topological polar surface area (TPSA) is 47.3 Å². The van der Waals surface area contributed by atoms with Crippen LogP contribution in [0.4, 0.5) is 0 Å². The Morgan fingerprint density at radius 2 is 1.75 bits per heavy atom. The van der Waals surface area contributed by atoms with Gasteiger partial charge in [-0.2, -0.15) is 5.26 Å². The normalized spacial score (nSPS) is 19.8. The van der Waals surface area contributed by atoms with Gasteiger partial charge < -0.3 is 5.11 Å². The second-order valence-corrected chi connectivity index (χ2v) is 5.95. The van der Waals surface area contributed by atoms with E-state index in [1.807, 2.05) is 12.1 Å². The monoisotopic (exact) mass is 272 g/mol. The summed E-state index contributed by atoms with van der Waals surface area (Å²) < 4.78 is 0. The Morgan fingerprint density at radius 1 is 1.15 bits per heavy atom. The van der Waals surface area contributed by atoms with Crippen molar-refractivity contribution in [3.63, 3.8) is 0 Å². The molecule has 0 aliphatic carbocycles. The lowest BCUT2D eigenvalue weighted by molar-refractivity contribution is 0.149. The van der Waals surface area contributed by atoms with Gasteiger partial charge in [-0.3, -0.25) is 4.90 Å². The summed E-state index contributed by atoms with van der Waals surface area (Å²) in [6.45, 7) is 4.15. The van der Waals surface area contributed by atoms with E-state index in [-0.39, 0.29) is 5.54 Å². The van der Waals surface area contributed by atoms with Crippen LogP contribution in [-0.4, -0.2) is 28.6 Å². The van der Waals surface area contributed by atoms with Crippen LogP contribution < -0.4 is 0 Å². The minimum absolute atomic E-state index is 0.296. The van der Waals surface area contributed by atoms with Crippen molar-refractivity contribution in [2.75, 3.05) is 13.1 Å². The van der Waals surface area contributed by atoms with E-state index in [0.717, 1.165) is 25.9 Å². The SMILES string of the molecule is CC(C#N)(CCc1ccc(O)cc1)N1CCCCCC1. The molecular weight excluding hydrogens is 248 g/mol. The molecule has 1 aliphatic rings. The maximum absolute atomic E-state index is 9.62. The van der Waals surface area contributed by atoms with E-state index in [4.69, 9.17) is 0 Å². The van der Waals surface area contributed by atoms with Gasteiger partial charge in [0.05, 0.1) is 6.07 Å². The molecule has 1 aromatic rings. The first kappa shape index (κ1) is 14.9. The molecule has 20 heavy (non-hydrogen) atoms. The smallest absolute Gasteiger partial charge is 0.115 e. The number of benzene rings is 1. The van der Waals surface area contributed by atoms with Gasteiger partial charge in [0, 0.05) is 0 Å². The van der Waals surface area contributed by atoms with E-state index < -0.39 is 0 Å². The van der Waals surface area contributed by atoms with Crippen molar-refractivity contribution in [3.8, 4) is 11.8 Å². The van der Waals surface area contributed by atoms with Gasteiger partial charge in [-0.1, -0.05) is 25.0 Å². The number of likely N-dealkylation sites (tertiary alicyclic amines) is 1. The highest BCUT2D eigenvalue weighted by atomic mass is 16.3. The average molecular weight is 272 g/mol. The predicted molar refractivity (Wildman–Crippen MR) is 80.5 cm³/mol. The van der Waals surface area contributed by atoms with Crippen molar-refractivity contribution >= 4 is 0 Å². The highest BCUT2D eigenvalue weighted by molar-refractivity contribution is 5.26. The summed E-state index contributed by atoms with van der Waals surface area (Å²) in [5.41, 5.74) is 0.807. The minimum atomic E-state index is -0.373. The van der Waals surface area contributed by atoms with Crippen LogP contribution in [0.5, 0.6) is 5.75 Å². The lowest BCUT2D eigenvalue weighted by atomic mass is 9.92. The fourth-order valence-electron chi connectivity index (χ4n) is 2.90. The molecule has 3 heteroatoms. The largest absolute Gasteiger partial charge is 0.508 e. The summed E-state index contributed by atoms with van der Waals surface area (Å²) in [4.78, 5) is 2.36. The van der Waals surface area contributed by atoms with Crippen molar-refractivity contribution in [2.45, 2.75) is 51.0 Å². The Bertz CT molecular complexity index is 455. The lowest BCUT2D eigenvalue weighted by Gasteiger charge is -2.35. The van der Waals surface area contributed by atoms with Crippen LogP contribution in [0.2, 0.25) is 0 Å². The molecule has 0 saturated carbocycles. The molecule has 1 heterocycles. The maximum atomic E-state index is 9.62. The molecule has 0 bridgehead atoms. The summed E-state index contributed by atoms with van der Waals surface area (Å²) in [6, 6.07) is 9.84. The van der Waals surface area contributed by atoms with Crippen LogP contribution in [-0.2, 0) is 6.42 Å². The average Bonchev–Trinajstić information content (AvgIpc) is 2.76. The Labute approximate surface area is 121 Å². The summed E-state index contributed by atoms with van der Waals surface area (Å²) in [5, 5.41) is 18.9. The van der Waals surface area contributed by atoms with Crippen LogP contribution >= 0.6 is 0 Å². The molecule has 108 valence electrons. The van der Waals surface area contributed by atoms with Gasteiger partial charge in [-0.05, 0) is 63.4 Å². The Hall–Kier alpha value is -1.53. The molecular formula is C17H24N2O. The van der Waals surface area contributed by atoms with Crippen LogP contribution in [0.25, 0.3) is 0 Å². The van der Waals surface area contributed by atoms with E-state index in [2.05, 4.69) is 17.9 Å². The number of phenolic OH excluding ortho intramolecular Hbond substituents is 1. The van der Waals surface area contributed by atoms with Gasteiger partial charge in [-0.15, -0.1) is 0 Å². The molecule has 0 aromatic heterocycles. The Morgan fingerprint density at radius 3 is 2.30 bits per heavy atom. The third-order valence-corrected chi connectivity index (χ3v) is 4.38. The summed E-state index contributed by atoms with van der Waals surface area (Å²) in [7, 11) is 0. The van der Waals surface area contributed by atoms with E-state index in [9.17, 15) is 10.4 Å². The molecule has 3 nitrogen and oxygen atoms in total. The Balaban J connectivity index is 1.99. The van der Waals surface area contributed by atoms with Crippen LogP contribution in [0.3, 0.4) is 0 Å². The molecule has 1 unspecified atom stereocenters. The molecule has 1 saturated heterocycles. The van der Waals surface area contributed by atoms with Crippen molar-refractivity contribution in [1.82, 2.24) is 4.90 Å². The number of rotatable bonds is 4. The first-order valence-corrected chi connectivity index (χ1v) is 7.58. The zero-order valence-corrected chi connectivity index (χ0v) is 12.3. The van der Waals surface area contributed by atoms with Gasteiger partial charge >= 0.3 is 0 Å². The molecule has 1 aromatic carbocycles. The molecule has 1 fully saturated rings. The van der Waals surface area contributed by atoms with Gasteiger partial charge in [0.25, 0.3) is 0 Å². The quantitative estimate of drug-likeness (QED) is 0.912. The number of aryl methyl sites for hydroxylation is 1. The van der Waals surface area contributed by atoms with E-state index in [1.165, 1.54) is 31.2 Å². The summed E-state index contributed by atoms with van der Waals surface area (Å²) in [5.74, 6) is 0.296. The molecule has 1 aliphatic heterocycles. The molecule has 0 amide bonds. The zero-order chi connectivity index (χ0) is 14.4. The van der Waals surface area contributed by atoms with Crippen molar-refractivity contribution in [2.24, 2.45) is 0 Å². The maximum Gasteiger partial charge on any atom is 0.115 e.